The molecule has 0 aliphatic carbocycles. The van der Waals surface area contributed by atoms with Crippen molar-refractivity contribution < 1.29 is 4.20 Å². The maximum Gasteiger partial charge on any atom is 0.273 e. The van der Waals surface area contributed by atoms with Gasteiger partial charge in [0.2, 0.25) is 0 Å². The van der Waals surface area contributed by atoms with Gasteiger partial charge in [-0.2, -0.15) is 0 Å². The summed E-state index contributed by atoms with van der Waals surface area (Å²) in [6.45, 7) is 0. The zero-order valence-electron chi connectivity index (χ0n) is 3.75. The number of hydrogen-bond acceptors (Lipinski definition) is 2. The highest BCUT2D eigenvalue weighted by molar-refractivity contribution is 6.29. The highest BCUT2D eigenvalue weighted by Gasteiger charge is 1.96. The van der Waals surface area contributed by atoms with Gasteiger partial charge in [0, 0.05) is 6.07 Å². The van der Waals surface area contributed by atoms with Crippen LogP contribution >= 0.6 is 23.4 Å². The molecule has 0 amide bonds. The lowest BCUT2D eigenvalue weighted by Crippen LogP contribution is -2.25. The summed E-state index contributed by atoms with van der Waals surface area (Å²) in [5, 5.41) is 7.14. The van der Waals surface area contributed by atoms with Crippen LogP contribution in [-0.2, 0) is 0 Å². The van der Waals surface area contributed by atoms with Crippen LogP contribution in [0.1, 0.15) is 0 Å². The van der Waals surface area contributed by atoms with Crippen molar-refractivity contribution in [1.82, 2.24) is 10.3 Å². The SMILES string of the molecule is Clc1cc[n+](Cl)nn1. The van der Waals surface area contributed by atoms with Gasteiger partial charge in [-0.15, -0.1) is 0 Å². The van der Waals surface area contributed by atoms with Crippen molar-refractivity contribution in [1.29, 1.82) is 0 Å². The lowest BCUT2D eigenvalue weighted by Gasteiger charge is -1.74. The van der Waals surface area contributed by atoms with Crippen molar-refractivity contribution in [3.8, 4) is 0 Å². The van der Waals surface area contributed by atoms with E-state index in [4.69, 9.17) is 23.4 Å². The van der Waals surface area contributed by atoms with E-state index in [0.717, 1.165) is 4.20 Å². The van der Waals surface area contributed by atoms with E-state index in [-0.39, 0.29) is 0 Å². The monoisotopic (exact) mass is 150 g/mol. The molecule has 0 radical (unpaired) electrons. The molecule has 0 fully saturated rings. The molecule has 0 aliphatic rings. The predicted molar refractivity (Wildman–Crippen MR) is 28.5 cm³/mol. The first-order chi connectivity index (χ1) is 3.79. The Morgan fingerprint density at radius 1 is 1.62 bits per heavy atom. The molecule has 0 aliphatic heterocycles. The first-order valence-corrected chi connectivity index (χ1v) is 2.58. The fourth-order valence-electron chi connectivity index (χ4n) is 0.272. The molecule has 0 saturated heterocycles. The van der Waals surface area contributed by atoms with E-state index in [2.05, 4.69) is 10.3 Å². The minimum absolute atomic E-state index is 0.335. The van der Waals surface area contributed by atoms with E-state index in [0.29, 0.717) is 5.15 Å². The van der Waals surface area contributed by atoms with Crippen molar-refractivity contribution in [2.45, 2.75) is 0 Å². The van der Waals surface area contributed by atoms with Crippen LogP contribution in [0.2, 0.25) is 5.15 Å². The van der Waals surface area contributed by atoms with E-state index < -0.39 is 0 Å². The van der Waals surface area contributed by atoms with Gasteiger partial charge >= 0.3 is 0 Å². The van der Waals surface area contributed by atoms with Crippen molar-refractivity contribution in [3.05, 3.63) is 17.4 Å². The third-order valence-electron chi connectivity index (χ3n) is 0.561. The van der Waals surface area contributed by atoms with E-state index in [1.54, 1.807) is 6.07 Å². The summed E-state index contributed by atoms with van der Waals surface area (Å²) in [5.41, 5.74) is 0. The minimum atomic E-state index is 0.335. The maximum atomic E-state index is 5.37. The average molecular weight is 151 g/mol. The van der Waals surface area contributed by atoms with Gasteiger partial charge in [-0.3, -0.25) is 0 Å². The van der Waals surface area contributed by atoms with Gasteiger partial charge in [0.15, 0.2) is 17.0 Å². The standard InChI is InChI=1S/C3H2Cl2N3/c4-3-1-2-8(5)7-6-3/h1-2H/q+1. The van der Waals surface area contributed by atoms with Crippen LogP contribution in [0.25, 0.3) is 0 Å². The lowest BCUT2D eigenvalue weighted by atomic mass is 10.7. The summed E-state index contributed by atoms with van der Waals surface area (Å²) in [5.74, 6) is 0. The van der Waals surface area contributed by atoms with Crippen LogP contribution in [0.15, 0.2) is 12.3 Å². The molecule has 8 heavy (non-hydrogen) atoms. The Labute approximate surface area is 56.0 Å². The lowest BCUT2D eigenvalue weighted by molar-refractivity contribution is -0.595. The van der Waals surface area contributed by atoms with Crippen LogP contribution in [-0.4, -0.2) is 10.3 Å². The fourth-order valence-corrected chi connectivity index (χ4v) is 0.452. The Morgan fingerprint density at radius 2 is 2.38 bits per heavy atom. The third kappa shape index (κ3) is 1.28. The Bertz CT molecular complexity index is 151. The summed E-state index contributed by atoms with van der Waals surface area (Å²) < 4.78 is 1.05. The largest absolute Gasteiger partial charge is 0.273 e. The Hall–Kier alpha value is -0.410. The van der Waals surface area contributed by atoms with Crippen LogP contribution in [0.3, 0.4) is 0 Å². The molecule has 1 aromatic rings. The van der Waals surface area contributed by atoms with E-state index >= 15 is 0 Å². The quantitative estimate of drug-likeness (QED) is 0.537. The number of aromatic nitrogens is 3. The Kier molecular flexibility index (Phi) is 1.60. The zero-order chi connectivity index (χ0) is 5.98. The van der Waals surface area contributed by atoms with Crippen LogP contribution < -0.4 is 4.20 Å². The molecular weight excluding hydrogens is 149 g/mol. The molecule has 0 unspecified atom stereocenters. The van der Waals surface area contributed by atoms with Crippen molar-refractivity contribution in [3.63, 3.8) is 0 Å². The molecular formula is C3H2Cl2N3+. The minimum Gasteiger partial charge on any atom is -0.0319 e. The zero-order valence-corrected chi connectivity index (χ0v) is 5.26. The number of halogens is 2. The Morgan fingerprint density at radius 3 is 2.75 bits per heavy atom. The number of rotatable bonds is 0. The number of hydrogen-bond donors (Lipinski definition) is 0. The van der Waals surface area contributed by atoms with Gasteiger partial charge in [-0.05, 0) is 15.8 Å². The first-order valence-electron chi connectivity index (χ1n) is 1.86. The topological polar surface area (TPSA) is 29.7 Å². The highest BCUT2D eigenvalue weighted by atomic mass is 35.5. The molecule has 0 saturated carbocycles. The summed E-state index contributed by atoms with van der Waals surface area (Å²) in [6, 6.07) is 1.54. The van der Waals surface area contributed by atoms with Gasteiger partial charge in [0.25, 0.3) is 5.15 Å². The van der Waals surface area contributed by atoms with E-state index in [1.165, 1.54) is 6.20 Å². The van der Waals surface area contributed by atoms with Gasteiger partial charge in [0.05, 0.1) is 5.10 Å². The third-order valence-corrected chi connectivity index (χ3v) is 0.943. The molecule has 0 atom stereocenters. The molecule has 1 rings (SSSR count). The summed E-state index contributed by atoms with van der Waals surface area (Å²) in [4.78, 5) is 0. The smallest absolute Gasteiger partial charge is 0.0319 e. The molecule has 42 valence electrons. The first kappa shape index (κ1) is 5.72. The second-order valence-corrected chi connectivity index (χ2v) is 1.85. The van der Waals surface area contributed by atoms with Gasteiger partial charge in [-0.25, -0.2) is 0 Å². The normalized spacial score (nSPS) is 9.25. The van der Waals surface area contributed by atoms with Gasteiger partial charge < -0.3 is 0 Å². The van der Waals surface area contributed by atoms with Crippen molar-refractivity contribution >= 4 is 23.4 Å². The second-order valence-electron chi connectivity index (χ2n) is 1.12. The highest BCUT2D eigenvalue weighted by Crippen LogP contribution is 1.94. The molecule has 3 nitrogen and oxygen atoms in total. The molecule has 5 heteroatoms. The molecule has 1 aromatic heterocycles. The van der Waals surface area contributed by atoms with Crippen LogP contribution in [0.4, 0.5) is 0 Å². The maximum absolute atomic E-state index is 5.37. The van der Waals surface area contributed by atoms with Gasteiger partial charge in [-0.1, -0.05) is 0 Å². The average Bonchev–Trinajstić information content (AvgIpc) is 1.77. The molecule has 0 N–H and O–H groups in total. The molecule has 0 aromatic carbocycles. The van der Waals surface area contributed by atoms with E-state index in [1.807, 2.05) is 0 Å². The van der Waals surface area contributed by atoms with Crippen LogP contribution in [0, 0.1) is 0 Å². The van der Waals surface area contributed by atoms with Crippen LogP contribution in [0.5, 0.6) is 0 Å². The van der Waals surface area contributed by atoms with Crippen molar-refractivity contribution in [2.75, 3.05) is 0 Å². The van der Waals surface area contributed by atoms with E-state index in [9.17, 15) is 0 Å². The van der Waals surface area contributed by atoms with Crippen molar-refractivity contribution in [2.24, 2.45) is 0 Å². The summed E-state index contributed by atoms with van der Waals surface area (Å²) in [7, 11) is 0. The second kappa shape index (κ2) is 2.24. The Balaban J connectivity index is 3.03. The molecule has 1 heterocycles. The fraction of sp³-hybridized carbons (Fsp3) is 0. The van der Waals surface area contributed by atoms with Gasteiger partial charge in [0.1, 0.15) is 6.20 Å². The summed E-state index contributed by atoms with van der Waals surface area (Å²) >= 11 is 10.7. The molecule has 0 bridgehead atoms. The molecule has 0 spiro atoms. The summed E-state index contributed by atoms with van der Waals surface area (Å²) in [6.07, 6.45) is 1.50. The predicted octanol–water partition coefficient (Wildman–Crippen LogP) is 0.419. The number of nitrogens with zero attached hydrogens (tertiary/aromatic N) is 3.